The van der Waals surface area contributed by atoms with Crippen LogP contribution in [0, 0.1) is 0 Å². The lowest BCUT2D eigenvalue weighted by Crippen LogP contribution is -2.56. The fraction of sp³-hybridized carbons (Fsp3) is 0.412. The van der Waals surface area contributed by atoms with E-state index in [-0.39, 0.29) is 29.6 Å². The molecule has 0 bridgehead atoms. The summed E-state index contributed by atoms with van der Waals surface area (Å²) in [5, 5.41) is 3.22. The van der Waals surface area contributed by atoms with Gasteiger partial charge in [0.2, 0.25) is 0 Å². The van der Waals surface area contributed by atoms with Gasteiger partial charge in [-0.2, -0.15) is 0 Å². The first-order chi connectivity index (χ1) is 12.0. The van der Waals surface area contributed by atoms with Crippen LogP contribution in [0.2, 0.25) is 0 Å². The van der Waals surface area contributed by atoms with Crippen molar-refractivity contribution in [2.75, 3.05) is 20.2 Å². The molecule has 1 saturated carbocycles. The van der Waals surface area contributed by atoms with E-state index in [0.717, 1.165) is 18.6 Å². The largest absolute Gasteiger partial charge is 0.497 e. The Kier molecular flexibility index (Phi) is 3.79. The number of rotatable bonds is 5. The molecule has 8 heteroatoms. The number of carbonyl (C=O) groups is 1. The highest BCUT2D eigenvalue weighted by atomic mass is 32.2. The molecule has 2 aromatic rings. The van der Waals surface area contributed by atoms with Gasteiger partial charge >= 0.3 is 0 Å². The summed E-state index contributed by atoms with van der Waals surface area (Å²) in [5.41, 5.74) is 0.252. The second kappa shape index (κ2) is 5.87. The third kappa shape index (κ3) is 2.90. The summed E-state index contributed by atoms with van der Waals surface area (Å²) in [6.45, 7) is 0.331. The van der Waals surface area contributed by atoms with Crippen LogP contribution in [0.5, 0.6) is 5.75 Å². The summed E-state index contributed by atoms with van der Waals surface area (Å²) in [6, 6.07) is 7.95. The summed E-state index contributed by atoms with van der Waals surface area (Å²) in [7, 11) is -1.94. The van der Waals surface area contributed by atoms with E-state index in [9.17, 15) is 13.2 Å². The third-order valence-electron chi connectivity index (χ3n) is 4.69. The maximum absolute atomic E-state index is 12.6. The molecule has 0 spiro atoms. The molecule has 1 aromatic carbocycles. The van der Waals surface area contributed by atoms with Crippen molar-refractivity contribution < 1.29 is 22.5 Å². The Balaban J connectivity index is 1.42. The van der Waals surface area contributed by atoms with Gasteiger partial charge < -0.3 is 14.2 Å². The Bertz CT molecular complexity index is 893. The van der Waals surface area contributed by atoms with Crippen LogP contribution in [-0.4, -0.2) is 49.8 Å². The van der Waals surface area contributed by atoms with E-state index >= 15 is 0 Å². The van der Waals surface area contributed by atoms with E-state index in [1.54, 1.807) is 18.2 Å². The van der Waals surface area contributed by atoms with E-state index in [4.69, 9.17) is 9.26 Å². The fourth-order valence-electron chi connectivity index (χ4n) is 2.87. The van der Waals surface area contributed by atoms with Crippen molar-refractivity contribution in [2.24, 2.45) is 0 Å². The summed E-state index contributed by atoms with van der Waals surface area (Å²) in [5.74, 6) is 1.44. The molecule has 2 heterocycles. The van der Waals surface area contributed by atoms with Crippen LogP contribution >= 0.6 is 0 Å². The van der Waals surface area contributed by atoms with Gasteiger partial charge in [-0.1, -0.05) is 5.16 Å². The number of benzene rings is 1. The van der Waals surface area contributed by atoms with Gasteiger partial charge in [-0.15, -0.1) is 0 Å². The van der Waals surface area contributed by atoms with Crippen molar-refractivity contribution in [2.45, 2.75) is 28.9 Å². The highest BCUT2D eigenvalue weighted by Crippen LogP contribution is 2.40. The Hall–Kier alpha value is -2.35. The van der Waals surface area contributed by atoms with Gasteiger partial charge in [-0.25, -0.2) is 8.42 Å². The Morgan fingerprint density at radius 3 is 2.52 bits per heavy atom. The molecule has 2 fully saturated rings. The Morgan fingerprint density at radius 1 is 1.24 bits per heavy atom. The van der Waals surface area contributed by atoms with Crippen molar-refractivity contribution in [3.8, 4) is 5.75 Å². The van der Waals surface area contributed by atoms with Gasteiger partial charge in [0.1, 0.15) is 16.8 Å². The lowest BCUT2D eigenvalue weighted by Gasteiger charge is -2.38. The third-order valence-corrected chi connectivity index (χ3v) is 6.79. The van der Waals surface area contributed by atoms with Crippen molar-refractivity contribution in [3.63, 3.8) is 0 Å². The van der Waals surface area contributed by atoms with Crippen molar-refractivity contribution in [1.82, 2.24) is 10.1 Å². The van der Waals surface area contributed by atoms with E-state index in [2.05, 4.69) is 5.16 Å². The number of amides is 1. The Morgan fingerprint density at radius 2 is 1.92 bits per heavy atom. The number of hydrogen-bond donors (Lipinski definition) is 0. The lowest BCUT2D eigenvalue weighted by atomic mass is 10.2. The highest BCUT2D eigenvalue weighted by Gasteiger charge is 2.41. The van der Waals surface area contributed by atoms with Crippen LogP contribution in [0.3, 0.4) is 0 Å². The van der Waals surface area contributed by atoms with Gasteiger partial charge in [0.25, 0.3) is 5.91 Å². The maximum atomic E-state index is 12.6. The van der Waals surface area contributed by atoms with E-state index in [0.29, 0.717) is 11.7 Å². The summed E-state index contributed by atoms with van der Waals surface area (Å²) < 4.78 is 35.4. The number of aromatic nitrogens is 1. The SMILES string of the molecule is COc1ccc(S(=O)(=O)C2CN(C(=O)c3cc(C4CC4)on3)C2)cc1. The molecule has 1 aliphatic heterocycles. The summed E-state index contributed by atoms with van der Waals surface area (Å²) in [6.07, 6.45) is 2.13. The fourth-order valence-corrected chi connectivity index (χ4v) is 4.52. The quantitative estimate of drug-likeness (QED) is 0.806. The van der Waals surface area contributed by atoms with Crippen LogP contribution < -0.4 is 4.74 Å². The number of ether oxygens (including phenoxy) is 1. The number of carbonyl (C=O) groups excluding carboxylic acids is 1. The van der Waals surface area contributed by atoms with Gasteiger partial charge in [0, 0.05) is 25.1 Å². The van der Waals surface area contributed by atoms with E-state index in [1.165, 1.54) is 24.1 Å². The zero-order valence-corrected chi connectivity index (χ0v) is 14.5. The minimum absolute atomic E-state index is 0.165. The smallest absolute Gasteiger partial charge is 0.276 e. The normalized spacial score (nSPS) is 18.0. The molecule has 1 saturated heterocycles. The molecular weight excluding hydrogens is 344 g/mol. The van der Waals surface area contributed by atoms with Crippen molar-refractivity contribution in [1.29, 1.82) is 0 Å². The number of likely N-dealkylation sites (tertiary alicyclic amines) is 1. The van der Waals surface area contributed by atoms with Crippen LogP contribution in [0.25, 0.3) is 0 Å². The topological polar surface area (TPSA) is 89.7 Å². The first kappa shape index (κ1) is 16.1. The van der Waals surface area contributed by atoms with Gasteiger partial charge in [0.05, 0.1) is 12.0 Å². The first-order valence-corrected chi connectivity index (χ1v) is 9.67. The molecule has 1 aliphatic carbocycles. The van der Waals surface area contributed by atoms with Crippen LogP contribution in [-0.2, 0) is 9.84 Å². The molecule has 2 aliphatic rings. The number of hydrogen-bond acceptors (Lipinski definition) is 6. The second-order valence-electron chi connectivity index (χ2n) is 6.44. The van der Waals surface area contributed by atoms with Crippen molar-refractivity contribution >= 4 is 15.7 Å². The van der Waals surface area contributed by atoms with Crippen molar-refractivity contribution in [3.05, 3.63) is 41.8 Å². The lowest BCUT2D eigenvalue weighted by molar-refractivity contribution is 0.0648. The van der Waals surface area contributed by atoms with Crippen LogP contribution in [0.15, 0.2) is 39.8 Å². The molecule has 4 rings (SSSR count). The molecule has 25 heavy (non-hydrogen) atoms. The highest BCUT2D eigenvalue weighted by molar-refractivity contribution is 7.92. The zero-order valence-electron chi connectivity index (χ0n) is 13.7. The predicted octanol–water partition coefficient (Wildman–Crippen LogP) is 1.86. The molecule has 7 nitrogen and oxygen atoms in total. The molecule has 0 atom stereocenters. The molecule has 0 radical (unpaired) electrons. The van der Waals surface area contributed by atoms with Crippen LogP contribution in [0.4, 0.5) is 0 Å². The second-order valence-corrected chi connectivity index (χ2v) is 8.67. The van der Waals surface area contributed by atoms with Crippen LogP contribution in [0.1, 0.15) is 35.0 Å². The van der Waals surface area contributed by atoms with Gasteiger partial charge in [-0.3, -0.25) is 4.79 Å². The van der Waals surface area contributed by atoms with E-state index < -0.39 is 15.1 Å². The number of sulfone groups is 1. The average Bonchev–Trinajstić information content (AvgIpc) is 3.30. The first-order valence-electron chi connectivity index (χ1n) is 8.13. The maximum Gasteiger partial charge on any atom is 0.276 e. The zero-order chi connectivity index (χ0) is 17.6. The average molecular weight is 362 g/mol. The molecule has 0 N–H and O–H groups in total. The molecular formula is C17H18N2O5S. The van der Waals surface area contributed by atoms with E-state index in [1.807, 2.05) is 0 Å². The minimum Gasteiger partial charge on any atom is -0.497 e. The molecule has 1 aromatic heterocycles. The monoisotopic (exact) mass is 362 g/mol. The standard InChI is InChI=1S/C17H18N2O5S/c1-23-12-4-6-13(7-5-12)25(21,22)14-9-19(10-14)17(20)15-8-16(24-18-15)11-2-3-11/h4-8,11,14H,2-3,9-10H2,1H3. The minimum atomic E-state index is -3.47. The molecule has 132 valence electrons. The van der Waals surface area contributed by atoms with Gasteiger partial charge in [0.15, 0.2) is 15.5 Å². The summed E-state index contributed by atoms with van der Waals surface area (Å²) >= 11 is 0. The predicted molar refractivity (Wildman–Crippen MR) is 88.3 cm³/mol. The van der Waals surface area contributed by atoms with Gasteiger partial charge in [-0.05, 0) is 37.1 Å². The molecule has 1 amide bonds. The molecule has 0 unspecified atom stereocenters. The number of nitrogens with zero attached hydrogens (tertiary/aromatic N) is 2. The summed E-state index contributed by atoms with van der Waals surface area (Å²) in [4.78, 5) is 14.1. The number of methoxy groups -OCH3 is 1. The Labute approximate surface area is 145 Å².